The van der Waals surface area contributed by atoms with E-state index in [2.05, 4.69) is 5.10 Å². The van der Waals surface area contributed by atoms with Gasteiger partial charge in [-0.3, -0.25) is 0 Å². The Bertz CT molecular complexity index is 1090. The fourth-order valence-corrected chi connectivity index (χ4v) is 3.13. The van der Waals surface area contributed by atoms with Crippen LogP contribution in [-0.2, 0) is 14.8 Å². The van der Waals surface area contributed by atoms with Gasteiger partial charge >= 0.3 is 5.97 Å². The van der Waals surface area contributed by atoms with Gasteiger partial charge in [-0.05, 0) is 36.2 Å². The zero-order valence-electron chi connectivity index (χ0n) is 15.0. The number of nitrogens with zero attached hydrogens (tertiary/aromatic N) is 2. The lowest BCUT2D eigenvalue weighted by Gasteiger charge is -2.04. The molecule has 0 radical (unpaired) electrons. The number of hydrogen-bond donors (Lipinski definition) is 1. The zero-order valence-corrected chi connectivity index (χ0v) is 15.8. The predicted octanol–water partition coefficient (Wildman–Crippen LogP) is 2.76. The van der Waals surface area contributed by atoms with Crippen molar-refractivity contribution in [3.05, 3.63) is 60.5 Å². The number of nitrogens with two attached hydrogens (primary N) is 1. The van der Waals surface area contributed by atoms with Crippen LogP contribution in [0.1, 0.15) is 19.8 Å². The third kappa shape index (κ3) is 4.44. The maximum absolute atomic E-state index is 13.3. The molecule has 0 aliphatic carbocycles. The van der Waals surface area contributed by atoms with Crippen LogP contribution in [0.2, 0.25) is 0 Å². The van der Waals surface area contributed by atoms with Crippen molar-refractivity contribution < 1.29 is 22.4 Å². The summed E-state index contributed by atoms with van der Waals surface area (Å²) in [5, 5.41) is 9.42. The van der Waals surface area contributed by atoms with Gasteiger partial charge in [0, 0.05) is 17.5 Å². The first kappa shape index (κ1) is 19.7. The minimum atomic E-state index is -3.82. The summed E-state index contributed by atoms with van der Waals surface area (Å²) in [5.74, 6) is -0.823. The van der Waals surface area contributed by atoms with E-state index >= 15 is 0 Å². The molecular weight excluding hydrogens is 385 g/mol. The first-order valence-corrected chi connectivity index (χ1v) is 10.0. The molecule has 28 heavy (non-hydrogen) atoms. The molecule has 0 aliphatic rings. The first-order chi connectivity index (χ1) is 13.3. The molecule has 0 spiro atoms. The molecule has 0 bridgehead atoms. The highest BCUT2D eigenvalue weighted by atomic mass is 32.2. The number of aromatic nitrogens is 2. The molecule has 1 heterocycles. The van der Waals surface area contributed by atoms with E-state index in [1.165, 1.54) is 30.5 Å². The summed E-state index contributed by atoms with van der Waals surface area (Å²) in [6.45, 7) is 1.85. The largest absolute Gasteiger partial charge is 0.334 e. The number of rotatable bonds is 6. The van der Waals surface area contributed by atoms with E-state index in [0.29, 0.717) is 28.8 Å². The zero-order chi connectivity index (χ0) is 20.3. The number of benzene rings is 2. The third-order valence-electron chi connectivity index (χ3n) is 3.95. The van der Waals surface area contributed by atoms with E-state index in [9.17, 15) is 17.6 Å². The van der Waals surface area contributed by atoms with Crippen molar-refractivity contribution in [1.82, 2.24) is 9.94 Å². The van der Waals surface area contributed by atoms with Crippen molar-refractivity contribution in [2.75, 3.05) is 0 Å². The first-order valence-electron chi connectivity index (χ1n) is 8.48. The molecule has 0 saturated carbocycles. The Balaban J connectivity index is 2.06. The fraction of sp³-hybridized carbons (Fsp3) is 0.158. The van der Waals surface area contributed by atoms with Crippen LogP contribution in [0.25, 0.3) is 22.4 Å². The van der Waals surface area contributed by atoms with Gasteiger partial charge in [-0.1, -0.05) is 36.0 Å². The van der Waals surface area contributed by atoms with E-state index in [1.807, 2.05) is 6.92 Å². The van der Waals surface area contributed by atoms with Crippen LogP contribution < -0.4 is 9.98 Å². The van der Waals surface area contributed by atoms with Crippen molar-refractivity contribution in [2.24, 2.45) is 5.14 Å². The standard InChI is InChI=1S/C19H18FN3O4S/c1-2-3-18(24)27-23-12-17(13-4-8-15(20)9-5-13)19(22-23)14-6-10-16(11-7-14)28(21,25)26/h4-12H,2-3H2,1H3,(H2,21,25,26). The Kier molecular flexibility index (Phi) is 5.57. The highest BCUT2D eigenvalue weighted by Gasteiger charge is 2.17. The van der Waals surface area contributed by atoms with E-state index in [4.69, 9.17) is 9.98 Å². The Labute approximate surface area is 161 Å². The van der Waals surface area contributed by atoms with Crippen molar-refractivity contribution in [2.45, 2.75) is 24.7 Å². The number of hydrogen-bond acceptors (Lipinski definition) is 5. The molecule has 0 amide bonds. The quantitative estimate of drug-likeness (QED) is 0.681. The smallest absolute Gasteiger partial charge is 0.319 e. The predicted molar refractivity (Wildman–Crippen MR) is 101 cm³/mol. The molecule has 2 N–H and O–H groups in total. The highest BCUT2D eigenvalue weighted by Crippen LogP contribution is 2.31. The topological polar surface area (TPSA) is 104 Å². The lowest BCUT2D eigenvalue weighted by Crippen LogP contribution is -2.19. The highest BCUT2D eigenvalue weighted by molar-refractivity contribution is 7.89. The summed E-state index contributed by atoms with van der Waals surface area (Å²) in [6.07, 6.45) is 2.39. The van der Waals surface area contributed by atoms with Gasteiger partial charge in [-0.25, -0.2) is 22.7 Å². The van der Waals surface area contributed by atoms with Crippen LogP contribution in [0, 0.1) is 5.82 Å². The molecule has 2 aromatic carbocycles. The third-order valence-corrected chi connectivity index (χ3v) is 4.88. The Morgan fingerprint density at radius 3 is 2.29 bits per heavy atom. The molecule has 0 atom stereocenters. The molecule has 1 aromatic heterocycles. The number of halogens is 1. The normalized spacial score (nSPS) is 11.4. The number of carbonyl (C=O) groups excluding carboxylic acids is 1. The van der Waals surface area contributed by atoms with Crippen LogP contribution in [0.3, 0.4) is 0 Å². The summed E-state index contributed by atoms with van der Waals surface area (Å²) in [4.78, 5) is 18.0. The molecule has 3 aromatic rings. The average molecular weight is 403 g/mol. The van der Waals surface area contributed by atoms with Crippen LogP contribution in [0.5, 0.6) is 0 Å². The van der Waals surface area contributed by atoms with E-state index in [0.717, 1.165) is 4.85 Å². The van der Waals surface area contributed by atoms with E-state index < -0.39 is 16.0 Å². The Morgan fingerprint density at radius 2 is 1.71 bits per heavy atom. The molecule has 7 nitrogen and oxygen atoms in total. The number of sulfonamides is 1. The van der Waals surface area contributed by atoms with E-state index in [1.54, 1.807) is 24.3 Å². The van der Waals surface area contributed by atoms with Gasteiger partial charge < -0.3 is 4.84 Å². The molecule has 146 valence electrons. The summed E-state index contributed by atoms with van der Waals surface area (Å²) >= 11 is 0. The van der Waals surface area contributed by atoms with Crippen molar-refractivity contribution in [3.8, 4) is 22.4 Å². The fourth-order valence-electron chi connectivity index (χ4n) is 2.61. The van der Waals surface area contributed by atoms with Crippen LogP contribution >= 0.6 is 0 Å². The van der Waals surface area contributed by atoms with Crippen molar-refractivity contribution in [1.29, 1.82) is 0 Å². The lowest BCUT2D eigenvalue weighted by molar-refractivity contribution is -0.145. The Morgan fingerprint density at radius 1 is 1.11 bits per heavy atom. The van der Waals surface area contributed by atoms with Gasteiger partial charge in [0.2, 0.25) is 10.0 Å². The molecule has 0 saturated heterocycles. The van der Waals surface area contributed by atoms with Gasteiger partial charge in [0.15, 0.2) is 0 Å². The van der Waals surface area contributed by atoms with Crippen LogP contribution in [0.4, 0.5) is 4.39 Å². The second-order valence-electron chi connectivity index (χ2n) is 6.08. The SMILES string of the molecule is CCCC(=O)On1cc(-c2ccc(F)cc2)c(-c2ccc(S(N)(=O)=O)cc2)n1. The Hall–Kier alpha value is -3.04. The van der Waals surface area contributed by atoms with Crippen molar-refractivity contribution in [3.63, 3.8) is 0 Å². The number of carbonyl (C=O) groups is 1. The van der Waals surface area contributed by atoms with Gasteiger partial charge in [0.1, 0.15) is 11.5 Å². The van der Waals surface area contributed by atoms with Gasteiger partial charge in [-0.2, -0.15) is 0 Å². The van der Waals surface area contributed by atoms with Crippen molar-refractivity contribution >= 4 is 16.0 Å². The summed E-state index contributed by atoms with van der Waals surface area (Å²) in [5.41, 5.74) is 2.27. The molecule has 0 aliphatic heterocycles. The van der Waals surface area contributed by atoms with Crippen LogP contribution in [0.15, 0.2) is 59.6 Å². The second-order valence-corrected chi connectivity index (χ2v) is 7.64. The van der Waals surface area contributed by atoms with Gasteiger partial charge in [0.05, 0.1) is 11.1 Å². The molecule has 3 rings (SSSR count). The molecule has 0 unspecified atom stereocenters. The number of primary sulfonamides is 1. The van der Waals surface area contributed by atoms with Gasteiger partial charge in [-0.15, -0.1) is 5.10 Å². The maximum atomic E-state index is 13.3. The second kappa shape index (κ2) is 7.91. The lowest BCUT2D eigenvalue weighted by atomic mass is 10.0. The molecule has 9 heteroatoms. The molecule has 0 fully saturated rings. The summed E-state index contributed by atoms with van der Waals surface area (Å²) in [7, 11) is -3.82. The van der Waals surface area contributed by atoms with Gasteiger partial charge in [0.25, 0.3) is 0 Å². The average Bonchev–Trinajstić information content (AvgIpc) is 3.05. The van der Waals surface area contributed by atoms with E-state index in [-0.39, 0.29) is 17.1 Å². The summed E-state index contributed by atoms with van der Waals surface area (Å²) < 4.78 is 36.2. The molecular formula is C19H18FN3O4S. The monoisotopic (exact) mass is 403 g/mol. The minimum Gasteiger partial charge on any atom is -0.319 e. The maximum Gasteiger partial charge on any atom is 0.334 e. The summed E-state index contributed by atoms with van der Waals surface area (Å²) in [6, 6.07) is 11.6. The van der Waals surface area contributed by atoms with Crippen LogP contribution in [-0.4, -0.2) is 24.3 Å². The minimum absolute atomic E-state index is 0.0339.